The molecule has 3 rings (SSSR count). The van der Waals surface area contributed by atoms with Crippen LogP contribution in [0, 0.1) is 0 Å². The molecule has 0 amide bonds. The van der Waals surface area contributed by atoms with Crippen molar-refractivity contribution in [1.29, 1.82) is 0 Å². The van der Waals surface area contributed by atoms with E-state index in [1.165, 1.54) is 33.7 Å². The fraction of sp³-hybridized carbons (Fsp3) is 0.375. The molecule has 1 aromatic heterocycles. The molecule has 3 aromatic rings. The summed E-state index contributed by atoms with van der Waals surface area (Å²) in [5, 5.41) is 0.471. The van der Waals surface area contributed by atoms with Crippen LogP contribution in [0.1, 0.15) is 23.2 Å². The van der Waals surface area contributed by atoms with Crippen LogP contribution in [-0.2, 0) is 4.74 Å². The van der Waals surface area contributed by atoms with E-state index in [0.29, 0.717) is 65.3 Å². The van der Waals surface area contributed by atoms with Crippen molar-refractivity contribution < 1.29 is 28.5 Å². The average molecular weight is 542 g/mol. The summed E-state index contributed by atoms with van der Waals surface area (Å²) >= 11 is 11.1. The van der Waals surface area contributed by atoms with E-state index < -0.39 is 5.97 Å². The van der Waals surface area contributed by atoms with Crippen LogP contribution in [0.25, 0.3) is 10.9 Å². The van der Waals surface area contributed by atoms with Crippen LogP contribution in [0.4, 0.5) is 5.69 Å². The molecule has 0 fully saturated rings. The predicted octanol–water partition coefficient (Wildman–Crippen LogP) is 4.01. The lowest BCUT2D eigenvalue weighted by atomic mass is 10.1. The van der Waals surface area contributed by atoms with Gasteiger partial charge in [0.05, 0.1) is 63.0 Å². The highest BCUT2D eigenvalue weighted by molar-refractivity contribution is 6.18. The molecular weight excluding hydrogens is 513 g/mol. The van der Waals surface area contributed by atoms with Crippen molar-refractivity contribution in [2.45, 2.75) is 12.8 Å². The fourth-order valence-corrected chi connectivity index (χ4v) is 3.17. The number of nitrogen functional groups attached to an aromatic ring is 1. The number of aromatic amines is 1. The lowest BCUT2D eigenvalue weighted by molar-refractivity contribution is 0.0601. The molecule has 196 valence electrons. The number of methoxy groups -OCH3 is 3. The summed E-state index contributed by atoms with van der Waals surface area (Å²) in [4.78, 5) is 29.7. The van der Waals surface area contributed by atoms with Crippen LogP contribution in [-0.4, -0.2) is 62.2 Å². The minimum absolute atomic E-state index is 0.203. The topological polar surface area (TPSA) is 135 Å². The Morgan fingerprint density at radius 1 is 0.917 bits per heavy atom. The second kappa shape index (κ2) is 14.9. The zero-order valence-corrected chi connectivity index (χ0v) is 21.8. The number of nitrogens with zero attached hydrogens (tertiary/aromatic N) is 1. The summed E-state index contributed by atoms with van der Waals surface area (Å²) < 4.78 is 26.0. The molecule has 3 N–H and O–H groups in total. The number of rotatable bonds is 11. The van der Waals surface area contributed by atoms with Gasteiger partial charge in [-0.3, -0.25) is 4.79 Å². The molecule has 0 saturated heterocycles. The smallest absolute Gasteiger partial charge is 0.340 e. The molecule has 0 spiro atoms. The predicted molar refractivity (Wildman–Crippen MR) is 139 cm³/mol. The Morgan fingerprint density at radius 2 is 1.50 bits per heavy atom. The number of carbonyl (C=O) groups excluding carboxylic acids is 1. The zero-order chi connectivity index (χ0) is 26.5. The molecule has 0 atom stereocenters. The Morgan fingerprint density at radius 3 is 2.06 bits per heavy atom. The van der Waals surface area contributed by atoms with Gasteiger partial charge in [-0.2, -0.15) is 0 Å². The Kier molecular flexibility index (Phi) is 11.9. The number of aromatic nitrogens is 2. The average Bonchev–Trinajstić information content (AvgIpc) is 2.89. The number of carbonyl (C=O) groups is 1. The fourth-order valence-electron chi connectivity index (χ4n) is 2.96. The minimum Gasteiger partial charge on any atom is -0.493 e. The maximum atomic E-state index is 11.6. The number of fused-ring (bicyclic) bond motifs is 1. The van der Waals surface area contributed by atoms with Gasteiger partial charge >= 0.3 is 5.97 Å². The maximum Gasteiger partial charge on any atom is 0.340 e. The summed E-state index contributed by atoms with van der Waals surface area (Å²) in [6.07, 6.45) is 2.81. The van der Waals surface area contributed by atoms with Crippen molar-refractivity contribution >= 4 is 45.8 Å². The third-order valence-corrected chi connectivity index (χ3v) is 5.27. The normalized spacial score (nSPS) is 10.2. The van der Waals surface area contributed by atoms with Crippen molar-refractivity contribution in [2.75, 3.05) is 52.0 Å². The van der Waals surface area contributed by atoms with Gasteiger partial charge in [-0.05, 0) is 18.9 Å². The lowest BCUT2D eigenvalue weighted by Gasteiger charge is -2.13. The molecule has 12 heteroatoms. The van der Waals surface area contributed by atoms with Gasteiger partial charge in [-0.15, -0.1) is 23.2 Å². The first-order valence-corrected chi connectivity index (χ1v) is 12.0. The third-order valence-electron chi connectivity index (χ3n) is 4.74. The molecule has 2 aromatic carbocycles. The Labute approximate surface area is 218 Å². The molecule has 0 unspecified atom stereocenters. The van der Waals surface area contributed by atoms with E-state index >= 15 is 0 Å². The number of nitrogens with two attached hydrogens (primary N) is 1. The number of nitrogens with one attached hydrogen (secondary N) is 1. The Balaban J connectivity index is 0.000000254. The third kappa shape index (κ3) is 7.82. The number of H-pyrrole nitrogens is 1. The highest BCUT2D eigenvalue weighted by Gasteiger charge is 2.16. The Hall–Kier alpha value is -3.37. The van der Waals surface area contributed by atoms with Gasteiger partial charge in [0.15, 0.2) is 23.0 Å². The number of hydrogen-bond donors (Lipinski definition) is 2. The number of benzene rings is 2. The van der Waals surface area contributed by atoms with E-state index in [-0.39, 0.29) is 16.8 Å². The summed E-state index contributed by atoms with van der Waals surface area (Å²) in [6.45, 7) is 0.950. The van der Waals surface area contributed by atoms with Gasteiger partial charge in [0, 0.05) is 30.0 Å². The standard InChI is InChI=1S/C12H13ClN2O3.C12H16ClNO4/c1-17-10-5-8-9(14-7-15-12(8)16)6-11(10)18-4-2-3-13;1-16-10-6-8(12(15)17-2)9(14)7-11(10)18-5-3-4-13/h5-7H,2-4H2,1H3,(H,14,15,16);6-7H,3-5,14H2,1-2H3. The summed E-state index contributed by atoms with van der Waals surface area (Å²) in [5.41, 5.74) is 6.66. The van der Waals surface area contributed by atoms with E-state index in [1.54, 1.807) is 18.2 Å². The molecule has 0 radical (unpaired) electrons. The monoisotopic (exact) mass is 541 g/mol. The second-order valence-electron chi connectivity index (χ2n) is 7.12. The van der Waals surface area contributed by atoms with Gasteiger partial charge < -0.3 is 34.4 Å². The molecule has 36 heavy (non-hydrogen) atoms. The molecule has 0 aliphatic carbocycles. The number of ether oxygens (including phenoxy) is 5. The zero-order valence-electron chi connectivity index (χ0n) is 20.3. The summed E-state index contributed by atoms with van der Waals surface area (Å²) in [6, 6.07) is 6.35. The quantitative estimate of drug-likeness (QED) is 0.159. The van der Waals surface area contributed by atoms with Crippen LogP contribution >= 0.6 is 23.2 Å². The van der Waals surface area contributed by atoms with Crippen LogP contribution in [0.2, 0.25) is 0 Å². The summed E-state index contributed by atoms with van der Waals surface area (Å²) in [5.74, 6) is 2.51. The van der Waals surface area contributed by atoms with Gasteiger partial charge in [-0.1, -0.05) is 0 Å². The summed E-state index contributed by atoms with van der Waals surface area (Å²) in [7, 11) is 4.31. The van der Waals surface area contributed by atoms with Crippen molar-refractivity contribution in [3.05, 3.63) is 46.5 Å². The van der Waals surface area contributed by atoms with Crippen molar-refractivity contribution in [1.82, 2.24) is 9.97 Å². The Bertz CT molecular complexity index is 1200. The molecule has 1 heterocycles. The van der Waals surface area contributed by atoms with Gasteiger partial charge in [-0.25, -0.2) is 9.78 Å². The first-order valence-electron chi connectivity index (χ1n) is 10.9. The van der Waals surface area contributed by atoms with Crippen LogP contribution in [0.3, 0.4) is 0 Å². The molecule has 10 nitrogen and oxygen atoms in total. The van der Waals surface area contributed by atoms with Gasteiger partial charge in [0.2, 0.25) is 0 Å². The minimum atomic E-state index is -0.516. The van der Waals surface area contributed by atoms with Crippen LogP contribution in [0.15, 0.2) is 35.4 Å². The van der Waals surface area contributed by atoms with E-state index in [1.807, 2.05) is 0 Å². The van der Waals surface area contributed by atoms with E-state index in [9.17, 15) is 9.59 Å². The second-order valence-corrected chi connectivity index (χ2v) is 7.87. The molecule has 0 saturated carbocycles. The maximum absolute atomic E-state index is 11.6. The van der Waals surface area contributed by atoms with Crippen molar-refractivity contribution in [3.63, 3.8) is 0 Å². The van der Waals surface area contributed by atoms with Crippen molar-refractivity contribution in [2.24, 2.45) is 0 Å². The highest BCUT2D eigenvalue weighted by atomic mass is 35.5. The van der Waals surface area contributed by atoms with Crippen LogP contribution in [0.5, 0.6) is 23.0 Å². The van der Waals surface area contributed by atoms with E-state index in [4.69, 9.17) is 47.9 Å². The van der Waals surface area contributed by atoms with Gasteiger partial charge in [0.25, 0.3) is 5.56 Å². The molecular formula is C24H29Cl2N3O7. The number of esters is 1. The van der Waals surface area contributed by atoms with Gasteiger partial charge in [0.1, 0.15) is 0 Å². The van der Waals surface area contributed by atoms with E-state index in [2.05, 4.69) is 14.7 Å². The first kappa shape index (κ1) is 28.9. The van der Waals surface area contributed by atoms with E-state index in [0.717, 1.165) is 6.42 Å². The molecule has 0 aliphatic rings. The lowest BCUT2D eigenvalue weighted by Crippen LogP contribution is -2.08. The first-order chi connectivity index (χ1) is 17.4. The number of anilines is 1. The number of hydrogen-bond acceptors (Lipinski definition) is 9. The van der Waals surface area contributed by atoms with Crippen LogP contribution < -0.4 is 30.2 Å². The molecule has 0 aliphatic heterocycles. The SMILES string of the molecule is COC(=O)c1cc(OC)c(OCCCCl)cc1N.COc1cc2c(=O)[nH]cnc2cc1OCCCCl. The number of halogens is 2. The highest BCUT2D eigenvalue weighted by Crippen LogP contribution is 2.33. The number of alkyl halides is 2. The van der Waals surface area contributed by atoms with Crippen molar-refractivity contribution in [3.8, 4) is 23.0 Å². The molecule has 0 bridgehead atoms. The largest absolute Gasteiger partial charge is 0.493 e.